The summed E-state index contributed by atoms with van der Waals surface area (Å²) in [5.74, 6) is 6.00. The maximum absolute atomic E-state index is 12.1. The molecule has 0 atom stereocenters. The van der Waals surface area contributed by atoms with Gasteiger partial charge in [-0.15, -0.1) is 0 Å². The minimum absolute atomic E-state index is 0.0408. The van der Waals surface area contributed by atoms with Gasteiger partial charge in [0.15, 0.2) is 0 Å². The third kappa shape index (κ3) is 4.56. The van der Waals surface area contributed by atoms with Crippen LogP contribution in [0.5, 0.6) is 0 Å². The summed E-state index contributed by atoms with van der Waals surface area (Å²) in [5.41, 5.74) is 5.91. The van der Waals surface area contributed by atoms with Gasteiger partial charge in [-0.2, -0.15) is 5.26 Å². The van der Waals surface area contributed by atoms with Crippen molar-refractivity contribution in [3.63, 3.8) is 0 Å². The molecule has 4 nitrogen and oxygen atoms in total. The second-order valence-corrected chi connectivity index (χ2v) is 7.52. The third-order valence-electron chi connectivity index (χ3n) is 5.19. The zero-order valence-corrected chi connectivity index (χ0v) is 17.4. The Kier molecular flexibility index (Phi) is 6.22. The van der Waals surface area contributed by atoms with Gasteiger partial charge in [0.25, 0.3) is 0 Å². The molecular formula is C26H19ClN2O2. The van der Waals surface area contributed by atoms with Crippen molar-refractivity contribution in [3.05, 3.63) is 94.0 Å². The van der Waals surface area contributed by atoms with Crippen molar-refractivity contribution in [1.82, 2.24) is 5.32 Å². The van der Waals surface area contributed by atoms with Gasteiger partial charge in [0.05, 0.1) is 10.6 Å². The molecule has 0 bridgehead atoms. The number of alkyl carbamates (subject to hydrolysis) is 1. The van der Waals surface area contributed by atoms with Crippen molar-refractivity contribution < 1.29 is 9.53 Å². The second kappa shape index (κ2) is 9.39. The van der Waals surface area contributed by atoms with Crippen LogP contribution in [0, 0.1) is 23.2 Å². The number of nitriles is 1. The molecule has 4 rings (SSSR count). The standard InChI is InChI=1S/C26H19ClN2O2/c27-25-15-18(12-13-19(25)16-28)7-5-6-14-29-26(30)31-17-24-22-10-3-1-8-20(22)21-9-2-4-11-23(21)24/h1-4,8-13,15,24H,6,14,17H2,(H,29,30). The molecule has 0 aliphatic heterocycles. The van der Waals surface area contributed by atoms with E-state index in [4.69, 9.17) is 21.6 Å². The van der Waals surface area contributed by atoms with Crippen LogP contribution in [0.4, 0.5) is 4.79 Å². The Hall–Kier alpha value is -3.73. The van der Waals surface area contributed by atoms with Gasteiger partial charge in [0.2, 0.25) is 0 Å². The van der Waals surface area contributed by atoms with Crippen LogP contribution in [0.2, 0.25) is 5.02 Å². The Labute approximate surface area is 186 Å². The summed E-state index contributed by atoms with van der Waals surface area (Å²) < 4.78 is 5.50. The average molecular weight is 427 g/mol. The van der Waals surface area contributed by atoms with Crippen LogP contribution >= 0.6 is 11.6 Å². The lowest BCUT2D eigenvalue weighted by atomic mass is 9.98. The summed E-state index contributed by atoms with van der Waals surface area (Å²) in [5, 5.41) is 12.0. The molecule has 1 N–H and O–H groups in total. The molecule has 1 amide bonds. The minimum atomic E-state index is -0.454. The summed E-state index contributed by atoms with van der Waals surface area (Å²) in [6.07, 6.45) is 0.0204. The van der Waals surface area contributed by atoms with Crippen LogP contribution in [0.15, 0.2) is 66.7 Å². The SMILES string of the molecule is N#Cc1ccc(C#CCCNC(=O)OCC2c3ccccc3-c3ccccc32)cc1Cl. The quantitative estimate of drug-likeness (QED) is 0.443. The lowest BCUT2D eigenvalue weighted by molar-refractivity contribution is 0.143. The molecule has 1 aliphatic carbocycles. The monoisotopic (exact) mass is 426 g/mol. The average Bonchev–Trinajstić information content (AvgIpc) is 3.11. The number of carbonyl (C=O) groups excluding carboxylic acids is 1. The highest BCUT2D eigenvalue weighted by Crippen LogP contribution is 2.44. The highest BCUT2D eigenvalue weighted by molar-refractivity contribution is 6.31. The Balaban J connectivity index is 1.28. The number of carbonyl (C=O) groups is 1. The Morgan fingerprint density at radius 1 is 1.03 bits per heavy atom. The Bertz CT molecular complexity index is 1190. The van der Waals surface area contributed by atoms with E-state index in [9.17, 15) is 4.79 Å². The maximum Gasteiger partial charge on any atom is 0.407 e. The molecule has 0 spiro atoms. The number of rotatable bonds is 4. The van der Waals surface area contributed by atoms with E-state index in [0.29, 0.717) is 23.6 Å². The molecular weight excluding hydrogens is 408 g/mol. The number of hydrogen-bond donors (Lipinski definition) is 1. The number of ether oxygens (including phenoxy) is 1. The van der Waals surface area contributed by atoms with E-state index >= 15 is 0 Å². The minimum Gasteiger partial charge on any atom is -0.449 e. The van der Waals surface area contributed by atoms with Crippen LogP contribution in [0.1, 0.15) is 34.6 Å². The van der Waals surface area contributed by atoms with E-state index < -0.39 is 6.09 Å². The number of hydrogen-bond acceptors (Lipinski definition) is 3. The number of fused-ring (bicyclic) bond motifs is 3. The lowest BCUT2D eigenvalue weighted by Crippen LogP contribution is -2.26. The highest BCUT2D eigenvalue weighted by atomic mass is 35.5. The molecule has 0 unspecified atom stereocenters. The predicted octanol–water partition coefficient (Wildman–Crippen LogP) is 5.49. The summed E-state index contributed by atoms with van der Waals surface area (Å²) in [6, 6.07) is 23.5. The molecule has 152 valence electrons. The van der Waals surface area contributed by atoms with E-state index in [0.717, 1.165) is 5.56 Å². The van der Waals surface area contributed by atoms with Gasteiger partial charge < -0.3 is 10.1 Å². The molecule has 31 heavy (non-hydrogen) atoms. The summed E-state index contributed by atoms with van der Waals surface area (Å²) in [7, 11) is 0. The van der Waals surface area contributed by atoms with E-state index in [-0.39, 0.29) is 12.5 Å². The number of benzene rings is 3. The fraction of sp³-hybridized carbons (Fsp3) is 0.154. The summed E-state index contributed by atoms with van der Waals surface area (Å²) in [4.78, 5) is 12.1. The first-order valence-corrected chi connectivity index (χ1v) is 10.3. The molecule has 0 heterocycles. The number of amides is 1. The summed E-state index contributed by atoms with van der Waals surface area (Å²) >= 11 is 6.00. The van der Waals surface area contributed by atoms with Crippen LogP contribution in [-0.2, 0) is 4.74 Å². The lowest BCUT2D eigenvalue weighted by Gasteiger charge is -2.14. The fourth-order valence-corrected chi connectivity index (χ4v) is 3.95. The number of nitrogens with zero attached hydrogens (tertiary/aromatic N) is 1. The van der Waals surface area contributed by atoms with Gasteiger partial charge >= 0.3 is 6.09 Å². The van der Waals surface area contributed by atoms with Crippen LogP contribution in [0.3, 0.4) is 0 Å². The van der Waals surface area contributed by atoms with Crippen molar-refractivity contribution >= 4 is 17.7 Å². The van der Waals surface area contributed by atoms with E-state index in [2.05, 4.69) is 41.4 Å². The van der Waals surface area contributed by atoms with Gasteiger partial charge in [-0.05, 0) is 40.5 Å². The second-order valence-electron chi connectivity index (χ2n) is 7.11. The van der Waals surface area contributed by atoms with Gasteiger partial charge in [-0.25, -0.2) is 4.79 Å². The molecule has 0 radical (unpaired) electrons. The predicted molar refractivity (Wildman–Crippen MR) is 121 cm³/mol. The van der Waals surface area contributed by atoms with Crippen molar-refractivity contribution in [1.29, 1.82) is 5.26 Å². The molecule has 1 aliphatic rings. The smallest absolute Gasteiger partial charge is 0.407 e. The molecule has 0 fully saturated rings. The zero-order chi connectivity index (χ0) is 21.6. The molecule has 3 aromatic carbocycles. The van der Waals surface area contributed by atoms with Gasteiger partial charge in [-0.1, -0.05) is 72.0 Å². The van der Waals surface area contributed by atoms with Crippen molar-refractivity contribution in [2.75, 3.05) is 13.2 Å². The van der Waals surface area contributed by atoms with Crippen molar-refractivity contribution in [2.45, 2.75) is 12.3 Å². The molecule has 0 saturated heterocycles. The van der Waals surface area contributed by atoms with E-state index in [1.54, 1.807) is 18.2 Å². The first-order valence-electron chi connectivity index (χ1n) is 9.94. The zero-order valence-electron chi connectivity index (χ0n) is 16.7. The van der Waals surface area contributed by atoms with Crippen LogP contribution < -0.4 is 5.32 Å². The molecule has 0 saturated carbocycles. The van der Waals surface area contributed by atoms with Gasteiger partial charge in [-0.3, -0.25) is 0 Å². The van der Waals surface area contributed by atoms with Gasteiger partial charge in [0, 0.05) is 24.4 Å². The molecule has 0 aromatic heterocycles. The Morgan fingerprint density at radius 2 is 1.71 bits per heavy atom. The number of halogens is 1. The summed E-state index contributed by atoms with van der Waals surface area (Å²) in [6.45, 7) is 0.670. The number of nitrogens with one attached hydrogen (secondary N) is 1. The maximum atomic E-state index is 12.1. The first kappa shape index (κ1) is 20.5. The van der Waals surface area contributed by atoms with Crippen LogP contribution in [-0.4, -0.2) is 19.2 Å². The molecule has 5 heteroatoms. The Morgan fingerprint density at radius 3 is 2.35 bits per heavy atom. The highest BCUT2D eigenvalue weighted by Gasteiger charge is 2.28. The largest absolute Gasteiger partial charge is 0.449 e. The van der Waals surface area contributed by atoms with Crippen LogP contribution in [0.25, 0.3) is 11.1 Å². The van der Waals surface area contributed by atoms with Crippen molar-refractivity contribution in [2.24, 2.45) is 0 Å². The third-order valence-corrected chi connectivity index (χ3v) is 5.50. The van der Waals surface area contributed by atoms with Gasteiger partial charge in [0.1, 0.15) is 12.7 Å². The fourth-order valence-electron chi connectivity index (χ4n) is 3.72. The topological polar surface area (TPSA) is 62.1 Å². The van der Waals surface area contributed by atoms with E-state index in [1.807, 2.05) is 30.3 Å². The van der Waals surface area contributed by atoms with Crippen molar-refractivity contribution in [3.8, 4) is 29.0 Å². The first-order chi connectivity index (χ1) is 15.2. The molecule has 3 aromatic rings. The van der Waals surface area contributed by atoms with E-state index in [1.165, 1.54) is 22.3 Å². The normalized spacial score (nSPS) is 11.5.